The van der Waals surface area contributed by atoms with Crippen LogP contribution in [0.1, 0.15) is 18.4 Å². The van der Waals surface area contributed by atoms with Crippen molar-refractivity contribution in [2.45, 2.75) is 19.4 Å². The molecule has 0 unspecified atom stereocenters. The topological polar surface area (TPSA) is 59.4 Å². The Kier molecular flexibility index (Phi) is 5.79. The summed E-state index contributed by atoms with van der Waals surface area (Å²) >= 11 is 0. The Bertz CT molecular complexity index is 913. The van der Waals surface area contributed by atoms with Crippen LogP contribution in [0.3, 0.4) is 0 Å². The largest absolute Gasteiger partial charge is 0.497 e. The zero-order chi connectivity index (χ0) is 20.1. The van der Waals surface area contributed by atoms with Crippen LogP contribution < -0.4 is 15.0 Å². The lowest BCUT2D eigenvalue weighted by atomic mass is 9.96. The molecule has 0 saturated carbocycles. The first-order chi connectivity index (χ1) is 14.2. The number of amides is 1. The van der Waals surface area contributed by atoms with Gasteiger partial charge < -0.3 is 19.5 Å². The van der Waals surface area contributed by atoms with Crippen LogP contribution in [-0.2, 0) is 11.3 Å². The standard InChI is InChI=1S/C23H26N4O2/c1-29-21-7-4-18(5-8-21)16-25-23(28)19-10-14-27(15-11-19)22-9-6-20(17-24-22)26-12-2-3-13-26/h2-9,12-13,17,19H,10-11,14-16H2,1H3,(H,25,28). The predicted octanol–water partition coefficient (Wildman–Crippen LogP) is 3.41. The fraction of sp³-hybridized carbons (Fsp3) is 0.304. The van der Waals surface area contributed by atoms with E-state index in [0.717, 1.165) is 48.7 Å². The number of piperidine rings is 1. The first kappa shape index (κ1) is 19.1. The molecule has 0 spiro atoms. The van der Waals surface area contributed by atoms with Gasteiger partial charge in [0.15, 0.2) is 0 Å². The predicted molar refractivity (Wildman–Crippen MR) is 113 cm³/mol. The molecule has 1 amide bonds. The SMILES string of the molecule is COc1ccc(CNC(=O)C2CCN(c3ccc(-n4cccc4)cn3)CC2)cc1. The van der Waals surface area contributed by atoms with Gasteiger partial charge in [0, 0.05) is 37.9 Å². The summed E-state index contributed by atoms with van der Waals surface area (Å²) in [5.74, 6) is 1.99. The van der Waals surface area contributed by atoms with Gasteiger partial charge in [0.2, 0.25) is 5.91 Å². The molecule has 2 aromatic heterocycles. The van der Waals surface area contributed by atoms with Crippen molar-refractivity contribution in [1.82, 2.24) is 14.9 Å². The molecule has 29 heavy (non-hydrogen) atoms. The van der Waals surface area contributed by atoms with Crippen LogP contribution >= 0.6 is 0 Å². The van der Waals surface area contributed by atoms with Gasteiger partial charge in [-0.3, -0.25) is 4.79 Å². The van der Waals surface area contributed by atoms with Crippen LogP contribution in [-0.4, -0.2) is 35.7 Å². The van der Waals surface area contributed by atoms with E-state index in [2.05, 4.69) is 27.3 Å². The van der Waals surface area contributed by atoms with Crippen molar-refractivity contribution in [2.24, 2.45) is 5.92 Å². The minimum Gasteiger partial charge on any atom is -0.497 e. The second-order valence-electron chi connectivity index (χ2n) is 7.29. The third-order valence-corrected chi connectivity index (χ3v) is 5.45. The Morgan fingerprint density at radius 3 is 2.45 bits per heavy atom. The third kappa shape index (κ3) is 4.59. The molecule has 6 heteroatoms. The van der Waals surface area contributed by atoms with Crippen molar-refractivity contribution in [2.75, 3.05) is 25.1 Å². The van der Waals surface area contributed by atoms with Gasteiger partial charge in [0.05, 0.1) is 19.0 Å². The van der Waals surface area contributed by atoms with Crippen molar-refractivity contribution in [3.63, 3.8) is 0 Å². The third-order valence-electron chi connectivity index (χ3n) is 5.45. The Hall–Kier alpha value is -3.28. The lowest BCUT2D eigenvalue weighted by molar-refractivity contribution is -0.125. The van der Waals surface area contributed by atoms with Crippen molar-refractivity contribution in [1.29, 1.82) is 0 Å². The van der Waals surface area contributed by atoms with Crippen LogP contribution in [0.4, 0.5) is 5.82 Å². The van der Waals surface area contributed by atoms with E-state index in [9.17, 15) is 4.79 Å². The van der Waals surface area contributed by atoms with E-state index in [4.69, 9.17) is 4.74 Å². The first-order valence-electron chi connectivity index (χ1n) is 9.98. The Morgan fingerprint density at radius 1 is 1.10 bits per heavy atom. The molecule has 1 fully saturated rings. The number of ether oxygens (including phenoxy) is 1. The van der Waals surface area contributed by atoms with Crippen LogP contribution in [0.2, 0.25) is 0 Å². The average Bonchev–Trinajstić information content (AvgIpc) is 3.33. The molecule has 150 valence electrons. The molecule has 3 aromatic rings. The van der Waals surface area contributed by atoms with Crippen LogP contribution in [0.5, 0.6) is 5.75 Å². The molecule has 4 rings (SSSR count). The van der Waals surface area contributed by atoms with E-state index in [0.29, 0.717) is 6.54 Å². The van der Waals surface area contributed by atoms with E-state index in [-0.39, 0.29) is 11.8 Å². The summed E-state index contributed by atoms with van der Waals surface area (Å²) in [6.45, 7) is 2.23. The van der Waals surface area contributed by atoms with E-state index >= 15 is 0 Å². The van der Waals surface area contributed by atoms with Gasteiger partial charge in [0.25, 0.3) is 0 Å². The highest BCUT2D eigenvalue weighted by molar-refractivity contribution is 5.79. The number of nitrogens with zero attached hydrogens (tertiary/aromatic N) is 3. The van der Waals surface area contributed by atoms with Gasteiger partial charge >= 0.3 is 0 Å². The van der Waals surface area contributed by atoms with Gasteiger partial charge in [-0.05, 0) is 54.8 Å². The number of anilines is 1. The maximum atomic E-state index is 12.5. The lowest BCUT2D eigenvalue weighted by Crippen LogP contribution is -2.40. The number of hydrogen-bond acceptors (Lipinski definition) is 4. The zero-order valence-corrected chi connectivity index (χ0v) is 16.6. The van der Waals surface area contributed by atoms with E-state index in [1.54, 1.807) is 7.11 Å². The van der Waals surface area contributed by atoms with Gasteiger partial charge in [-0.15, -0.1) is 0 Å². The number of nitrogens with one attached hydrogen (secondary N) is 1. The van der Waals surface area contributed by atoms with Crippen molar-refractivity contribution in [3.8, 4) is 11.4 Å². The first-order valence-corrected chi connectivity index (χ1v) is 9.98. The second kappa shape index (κ2) is 8.82. The number of carbonyl (C=O) groups is 1. The fourth-order valence-corrected chi connectivity index (χ4v) is 3.67. The number of methoxy groups -OCH3 is 1. The molecule has 0 aliphatic carbocycles. The average molecular weight is 390 g/mol. The fourth-order valence-electron chi connectivity index (χ4n) is 3.67. The molecule has 3 heterocycles. The molecule has 1 saturated heterocycles. The summed E-state index contributed by atoms with van der Waals surface area (Å²) in [5.41, 5.74) is 2.12. The summed E-state index contributed by atoms with van der Waals surface area (Å²) in [5, 5.41) is 3.07. The van der Waals surface area contributed by atoms with E-state index in [1.807, 2.05) is 59.6 Å². The van der Waals surface area contributed by atoms with Gasteiger partial charge in [-0.1, -0.05) is 12.1 Å². The maximum Gasteiger partial charge on any atom is 0.223 e. The number of benzene rings is 1. The number of aromatic nitrogens is 2. The summed E-state index contributed by atoms with van der Waals surface area (Å²) in [6.07, 6.45) is 7.59. The number of carbonyl (C=O) groups excluding carboxylic acids is 1. The molecule has 1 aromatic carbocycles. The Labute approximate surface area is 171 Å². The van der Waals surface area contributed by atoms with Gasteiger partial charge in [0.1, 0.15) is 11.6 Å². The smallest absolute Gasteiger partial charge is 0.223 e. The molecule has 6 nitrogen and oxygen atoms in total. The minimum atomic E-state index is 0.0589. The van der Waals surface area contributed by atoms with Gasteiger partial charge in [-0.25, -0.2) is 4.98 Å². The minimum absolute atomic E-state index is 0.0589. The van der Waals surface area contributed by atoms with Crippen LogP contribution in [0, 0.1) is 5.92 Å². The van der Waals surface area contributed by atoms with Crippen molar-refractivity contribution >= 4 is 11.7 Å². The molecule has 1 N–H and O–H groups in total. The Morgan fingerprint density at radius 2 is 1.83 bits per heavy atom. The molecule has 0 bridgehead atoms. The highest BCUT2D eigenvalue weighted by Gasteiger charge is 2.25. The number of hydrogen-bond donors (Lipinski definition) is 1. The molecule has 1 aliphatic heterocycles. The lowest BCUT2D eigenvalue weighted by Gasteiger charge is -2.32. The number of rotatable bonds is 6. The molecular weight excluding hydrogens is 364 g/mol. The van der Waals surface area contributed by atoms with Crippen molar-refractivity contribution < 1.29 is 9.53 Å². The molecular formula is C23H26N4O2. The maximum absolute atomic E-state index is 12.5. The van der Waals surface area contributed by atoms with Gasteiger partial charge in [-0.2, -0.15) is 0 Å². The van der Waals surface area contributed by atoms with E-state index in [1.165, 1.54) is 0 Å². The van der Waals surface area contributed by atoms with Crippen molar-refractivity contribution in [3.05, 3.63) is 72.7 Å². The van der Waals surface area contributed by atoms with Crippen LogP contribution in [0.25, 0.3) is 5.69 Å². The number of pyridine rings is 1. The molecule has 1 aliphatic rings. The Balaban J connectivity index is 1.26. The van der Waals surface area contributed by atoms with E-state index < -0.39 is 0 Å². The zero-order valence-electron chi connectivity index (χ0n) is 16.6. The normalized spacial score (nSPS) is 14.6. The van der Waals surface area contributed by atoms with Crippen LogP contribution in [0.15, 0.2) is 67.1 Å². The summed E-state index contributed by atoms with van der Waals surface area (Å²) in [7, 11) is 1.65. The molecule has 0 radical (unpaired) electrons. The summed E-state index contributed by atoms with van der Waals surface area (Å²) in [4.78, 5) is 19.4. The monoisotopic (exact) mass is 390 g/mol. The summed E-state index contributed by atoms with van der Waals surface area (Å²) in [6, 6.07) is 15.9. The summed E-state index contributed by atoms with van der Waals surface area (Å²) < 4.78 is 7.20. The highest BCUT2D eigenvalue weighted by Crippen LogP contribution is 2.23. The highest BCUT2D eigenvalue weighted by atomic mass is 16.5. The molecule has 0 atom stereocenters. The quantitative estimate of drug-likeness (QED) is 0.701. The second-order valence-corrected chi connectivity index (χ2v) is 7.29.